The predicted molar refractivity (Wildman–Crippen MR) is 105 cm³/mol. The quantitative estimate of drug-likeness (QED) is 0.191. The molecule has 0 heterocycles. The molecule has 0 aromatic carbocycles. The topological polar surface area (TPSA) is 26.3 Å². The molecular weight excluding hydrogens is 296 g/mol. The number of rotatable bonds is 18. The van der Waals surface area contributed by atoms with Gasteiger partial charge in [0.15, 0.2) is 0 Å². The van der Waals surface area contributed by atoms with Crippen LogP contribution in [0, 0.1) is 5.92 Å². The van der Waals surface area contributed by atoms with E-state index in [2.05, 4.69) is 20.8 Å². The summed E-state index contributed by atoms with van der Waals surface area (Å²) in [5.74, 6) is 0.576. The van der Waals surface area contributed by atoms with Crippen LogP contribution in [0.4, 0.5) is 0 Å². The summed E-state index contributed by atoms with van der Waals surface area (Å²) < 4.78 is 5.45. The monoisotopic (exact) mass is 340 g/mol. The zero-order chi connectivity index (χ0) is 17.9. The highest BCUT2D eigenvalue weighted by Crippen LogP contribution is 2.14. The van der Waals surface area contributed by atoms with Crippen LogP contribution in [-0.4, -0.2) is 12.6 Å². The van der Waals surface area contributed by atoms with E-state index in [1.165, 1.54) is 83.5 Å². The van der Waals surface area contributed by atoms with Gasteiger partial charge in [0.25, 0.3) is 0 Å². The first kappa shape index (κ1) is 23.5. The molecule has 0 aromatic rings. The SMILES string of the molecule is CCCCCCCCCCCCCC(=O)OC[C@H](CC)CCCC. The molecule has 1 atom stereocenters. The van der Waals surface area contributed by atoms with Crippen molar-refractivity contribution < 1.29 is 9.53 Å². The highest BCUT2D eigenvalue weighted by atomic mass is 16.5. The van der Waals surface area contributed by atoms with Gasteiger partial charge in [0.1, 0.15) is 0 Å². The summed E-state index contributed by atoms with van der Waals surface area (Å²) in [6, 6.07) is 0. The molecule has 0 amide bonds. The van der Waals surface area contributed by atoms with Gasteiger partial charge in [-0.2, -0.15) is 0 Å². The van der Waals surface area contributed by atoms with E-state index in [1.54, 1.807) is 0 Å². The number of hydrogen-bond donors (Lipinski definition) is 0. The highest BCUT2D eigenvalue weighted by Gasteiger charge is 2.09. The van der Waals surface area contributed by atoms with E-state index in [9.17, 15) is 4.79 Å². The minimum atomic E-state index is 0.0147. The Morgan fingerprint density at radius 1 is 0.708 bits per heavy atom. The average molecular weight is 341 g/mol. The van der Waals surface area contributed by atoms with Crippen molar-refractivity contribution in [2.24, 2.45) is 5.92 Å². The molecule has 2 nitrogen and oxygen atoms in total. The molecule has 144 valence electrons. The molecule has 0 unspecified atom stereocenters. The van der Waals surface area contributed by atoms with Crippen LogP contribution < -0.4 is 0 Å². The Labute approximate surface area is 152 Å². The first-order valence-corrected chi connectivity index (χ1v) is 10.9. The summed E-state index contributed by atoms with van der Waals surface area (Å²) in [7, 11) is 0. The maximum absolute atomic E-state index is 11.8. The molecule has 0 saturated heterocycles. The van der Waals surface area contributed by atoms with E-state index in [4.69, 9.17) is 4.74 Å². The fraction of sp³-hybridized carbons (Fsp3) is 0.955. The molecule has 0 saturated carbocycles. The second-order valence-electron chi connectivity index (χ2n) is 7.39. The third-order valence-corrected chi connectivity index (χ3v) is 5.01. The molecular formula is C22H44O2. The van der Waals surface area contributed by atoms with E-state index in [0.29, 0.717) is 18.9 Å². The molecule has 0 rings (SSSR count). The maximum Gasteiger partial charge on any atom is 0.305 e. The number of carbonyl (C=O) groups excluding carboxylic acids is 1. The van der Waals surface area contributed by atoms with Gasteiger partial charge in [-0.05, 0) is 18.8 Å². The van der Waals surface area contributed by atoms with Crippen LogP contribution in [0.15, 0.2) is 0 Å². The third kappa shape index (κ3) is 16.3. The van der Waals surface area contributed by atoms with E-state index >= 15 is 0 Å². The highest BCUT2D eigenvalue weighted by molar-refractivity contribution is 5.69. The van der Waals surface area contributed by atoms with Crippen molar-refractivity contribution in [2.75, 3.05) is 6.61 Å². The van der Waals surface area contributed by atoms with Gasteiger partial charge in [0, 0.05) is 6.42 Å². The molecule has 0 aliphatic carbocycles. The number of ether oxygens (including phenoxy) is 1. The molecule has 0 aromatic heterocycles. The van der Waals surface area contributed by atoms with Gasteiger partial charge in [-0.25, -0.2) is 0 Å². The van der Waals surface area contributed by atoms with Crippen LogP contribution in [0.3, 0.4) is 0 Å². The van der Waals surface area contributed by atoms with Crippen molar-refractivity contribution in [3.8, 4) is 0 Å². The van der Waals surface area contributed by atoms with Crippen molar-refractivity contribution in [1.82, 2.24) is 0 Å². The molecule has 0 aliphatic rings. The van der Waals surface area contributed by atoms with Crippen LogP contribution in [0.5, 0.6) is 0 Å². The van der Waals surface area contributed by atoms with Crippen molar-refractivity contribution in [3.05, 3.63) is 0 Å². The molecule has 0 bridgehead atoms. The van der Waals surface area contributed by atoms with Crippen molar-refractivity contribution in [1.29, 1.82) is 0 Å². The fourth-order valence-electron chi connectivity index (χ4n) is 3.11. The van der Waals surface area contributed by atoms with E-state index in [1.807, 2.05) is 0 Å². The van der Waals surface area contributed by atoms with Crippen molar-refractivity contribution in [3.63, 3.8) is 0 Å². The Balaban J connectivity index is 3.33. The van der Waals surface area contributed by atoms with Crippen LogP contribution in [-0.2, 0) is 9.53 Å². The van der Waals surface area contributed by atoms with Gasteiger partial charge in [0.2, 0.25) is 0 Å². The Bertz CT molecular complexity index is 263. The van der Waals surface area contributed by atoms with E-state index in [-0.39, 0.29) is 5.97 Å². The largest absolute Gasteiger partial charge is 0.465 e. The van der Waals surface area contributed by atoms with Crippen LogP contribution in [0.25, 0.3) is 0 Å². The molecule has 0 radical (unpaired) electrons. The fourth-order valence-corrected chi connectivity index (χ4v) is 3.11. The zero-order valence-electron chi connectivity index (χ0n) is 16.9. The third-order valence-electron chi connectivity index (χ3n) is 5.01. The van der Waals surface area contributed by atoms with Crippen molar-refractivity contribution >= 4 is 5.97 Å². The number of unbranched alkanes of at least 4 members (excludes halogenated alkanes) is 11. The first-order valence-electron chi connectivity index (χ1n) is 10.9. The Morgan fingerprint density at radius 3 is 1.71 bits per heavy atom. The number of hydrogen-bond acceptors (Lipinski definition) is 2. The average Bonchev–Trinajstić information content (AvgIpc) is 2.59. The summed E-state index contributed by atoms with van der Waals surface area (Å²) in [5, 5.41) is 0. The van der Waals surface area contributed by atoms with Crippen LogP contribution >= 0.6 is 0 Å². The summed E-state index contributed by atoms with van der Waals surface area (Å²) in [4.78, 5) is 11.8. The number of carbonyl (C=O) groups is 1. The van der Waals surface area contributed by atoms with Gasteiger partial charge in [0.05, 0.1) is 6.61 Å². The minimum Gasteiger partial charge on any atom is -0.465 e. The van der Waals surface area contributed by atoms with Gasteiger partial charge in [-0.1, -0.05) is 104 Å². The summed E-state index contributed by atoms with van der Waals surface area (Å²) in [5.41, 5.74) is 0. The molecule has 0 N–H and O–H groups in total. The van der Waals surface area contributed by atoms with Crippen LogP contribution in [0.2, 0.25) is 0 Å². The first-order chi connectivity index (χ1) is 11.7. The summed E-state index contributed by atoms with van der Waals surface area (Å²) >= 11 is 0. The van der Waals surface area contributed by atoms with Gasteiger partial charge in [-0.15, -0.1) is 0 Å². The molecule has 0 aliphatic heterocycles. The zero-order valence-corrected chi connectivity index (χ0v) is 16.9. The Morgan fingerprint density at radius 2 is 1.21 bits per heavy atom. The Kier molecular flexibility index (Phi) is 18.4. The summed E-state index contributed by atoms with van der Waals surface area (Å²) in [6.07, 6.45) is 19.9. The molecule has 0 spiro atoms. The lowest BCUT2D eigenvalue weighted by molar-refractivity contribution is -0.145. The smallest absolute Gasteiger partial charge is 0.305 e. The normalized spacial score (nSPS) is 12.3. The molecule has 2 heteroatoms. The van der Waals surface area contributed by atoms with Crippen molar-refractivity contribution in [2.45, 2.75) is 124 Å². The second kappa shape index (κ2) is 18.8. The maximum atomic E-state index is 11.8. The second-order valence-corrected chi connectivity index (χ2v) is 7.39. The minimum absolute atomic E-state index is 0.0147. The lowest BCUT2D eigenvalue weighted by Crippen LogP contribution is -2.13. The summed E-state index contributed by atoms with van der Waals surface area (Å²) in [6.45, 7) is 7.31. The predicted octanol–water partition coefficient (Wildman–Crippen LogP) is 7.45. The molecule has 24 heavy (non-hydrogen) atoms. The lowest BCUT2D eigenvalue weighted by atomic mass is 10.0. The lowest BCUT2D eigenvalue weighted by Gasteiger charge is -2.14. The Hall–Kier alpha value is -0.530. The van der Waals surface area contributed by atoms with Gasteiger partial charge < -0.3 is 4.74 Å². The van der Waals surface area contributed by atoms with Gasteiger partial charge in [-0.3, -0.25) is 4.79 Å². The van der Waals surface area contributed by atoms with Gasteiger partial charge >= 0.3 is 5.97 Å². The molecule has 0 fully saturated rings. The van der Waals surface area contributed by atoms with E-state index in [0.717, 1.165) is 12.8 Å². The number of esters is 1. The standard InChI is InChI=1S/C22H44O2/c1-4-7-9-10-11-12-13-14-15-16-17-19-22(23)24-20-21(6-3)18-8-5-2/h21H,4-20H2,1-3H3/t21-/m1/s1. The van der Waals surface area contributed by atoms with E-state index < -0.39 is 0 Å². The van der Waals surface area contributed by atoms with Crippen LogP contribution in [0.1, 0.15) is 124 Å².